The molecule has 20 heteroatoms. The largest absolute Gasteiger partial charge is 1.00 e. The predicted octanol–water partition coefficient (Wildman–Crippen LogP) is -4.76. The number of hydrogen-bond acceptors (Lipinski definition) is 13. The molecular formula is C25H25N8Na2O8PS. The molecule has 1 N–H and O–H groups in total. The molecule has 16 nitrogen and oxygen atoms in total. The van der Waals surface area contributed by atoms with Gasteiger partial charge in [-0.25, -0.2) is 18.4 Å². The number of oxazole rings is 1. The number of fused-ring (bicyclic) bond motifs is 1. The predicted molar refractivity (Wildman–Crippen MR) is 147 cm³/mol. The third-order valence-electron chi connectivity index (χ3n) is 6.71. The zero-order valence-electron chi connectivity index (χ0n) is 24.6. The fraction of sp³-hybridized carbons (Fsp3) is 0.280. The van der Waals surface area contributed by atoms with E-state index in [2.05, 4.69) is 24.9 Å². The van der Waals surface area contributed by atoms with Gasteiger partial charge in [-0.3, -0.25) is 9.08 Å². The summed E-state index contributed by atoms with van der Waals surface area (Å²) in [5.41, 5.74) is 2.16. The summed E-state index contributed by atoms with van der Waals surface area (Å²) in [5.74, 6) is 0.848. The summed E-state index contributed by atoms with van der Waals surface area (Å²) in [6, 6.07) is 9.56. The van der Waals surface area contributed by atoms with Crippen LogP contribution in [-0.4, -0.2) is 67.8 Å². The van der Waals surface area contributed by atoms with E-state index in [1.165, 1.54) is 21.3 Å². The Morgan fingerprint density at radius 2 is 1.98 bits per heavy atom. The Morgan fingerprint density at radius 3 is 2.73 bits per heavy atom. The first-order valence-corrected chi connectivity index (χ1v) is 15.9. The number of nitrogens with zero attached hydrogens (tertiary/aromatic N) is 7. The Hall–Kier alpha value is -2.12. The van der Waals surface area contributed by atoms with E-state index in [-0.39, 0.29) is 82.5 Å². The summed E-state index contributed by atoms with van der Waals surface area (Å²) >= 11 is 0. The summed E-state index contributed by atoms with van der Waals surface area (Å²) in [7, 11) is -7.27. The van der Waals surface area contributed by atoms with Gasteiger partial charge in [-0.15, -0.1) is 0 Å². The first-order valence-electron chi connectivity index (χ1n) is 13.0. The number of rotatable bonds is 10. The fourth-order valence-electron chi connectivity index (χ4n) is 4.81. The second kappa shape index (κ2) is 14.8. The molecule has 1 aliphatic heterocycles. The molecule has 0 saturated carbocycles. The number of sulfonamides is 1. The van der Waals surface area contributed by atoms with Crippen LogP contribution in [0, 0.1) is 0 Å². The van der Waals surface area contributed by atoms with Crippen LogP contribution in [0.25, 0.3) is 28.5 Å². The summed E-state index contributed by atoms with van der Waals surface area (Å²) in [4.78, 5) is 35.2. The monoisotopic (exact) mass is 674 g/mol. The number of piperidine rings is 1. The smallest absolute Gasteiger partial charge is 0.790 e. The van der Waals surface area contributed by atoms with Crippen molar-refractivity contribution in [2.24, 2.45) is 7.05 Å². The molecule has 1 fully saturated rings. The molecule has 1 atom stereocenters. The molecule has 6 rings (SSSR count). The van der Waals surface area contributed by atoms with E-state index in [0.717, 1.165) is 6.42 Å². The van der Waals surface area contributed by atoms with Gasteiger partial charge >= 0.3 is 65.0 Å². The molecule has 0 bridgehead atoms. The van der Waals surface area contributed by atoms with Crippen LogP contribution >= 0.6 is 7.82 Å². The third kappa shape index (κ3) is 8.25. The molecule has 0 radical (unpaired) electrons. The molecule has 0 aliphatic carbocycles. The molecule has 226 valence electrons. The van der Waals surface area contributed by atoms with Gasteiger partial charge in [-0.1, -0.05) is 12.1 Å². The molecule has 5 heterocycles. The number of hydrogen-bond donors (Lipinski definition) is 1. The van der Waals surface area contributed by atoms with Crippen LogP contribution in [0.4, 0.5) is 5.95 Å². The van der Waals surface area contributed by atoms with Crippen molar-refractivity contribution in [1.29, 1.82) is 0 Å². The molecule has 45 heavy (non-hydrogen) atoms. The van der Waals surface area contributed by atoms with Crippen molar-refractivity contribution in [3.8, 4) is 28.4 Å². The average molecular weight is 675 g/mol. The fourth-order valence-corrected chi connectivity index (χ4v) is 6.47. The standard InChI is InChI=1S/C25H27N8O8PS.2Na/c1-31-11-8-21(30-31)43(37,38)32-10-3-5-18(15-32)27-24-26-9-7-20(28-24)23-22(29-25-33(23)12-13-39-25)17-4-2-6-19(14-17)40-16-41-42(34,35)36;;/h2,4,6-9,11-14,18H,3,5,10,15-16H2,1H3,(H,26,27,28)(H2,34,35,36);;/q;2*+1/p-2. The number of benzene rings is 1. The van der Waals surface area contributed by atoms with Crippen molar-refractivity contribution in [2.75, 3.05) is 25.2 Å². The average Bonchev–Trinajstić information content (AvgIpc) is 3.69. The molecule has 1 saturated heterocycles. The van der Waals surface area contributed by atoms with Crippen molar-refractivity contribution in [1.82, 2.24) is 33.4 Å². The van der Waals surface area contributed by atoms with Gasteiger partial charge in [-0.2, -0.15) is 14.4 Å². The van der Waals surface area contributed by atoms with Crippen molar-refractivity contribution in [3.63, 3.8) is 0 Å². The Morgan fingerprint density at radius 1 is 1.16 bits per heavy atom. The number of ether oxygens (including phenoxy) is 1. The van der Waals surface area contributed by atoms with Crippen molar-refractivity contribution in [3.05, 3.63) is 61.3 Å². The van der Waals surface area contributed by atoms with Gasteiger partial charge in [0.1, 0.15) is 23.4 Å². The van der Waals surface area contributed by atoms with Gasteiger partial charge in [0.15, 0.2) is 11.8 Å². The van der Waals surface area contributed by atoms with E-state index < -0.39 is 24.6 Å². The second-order valence-corrected chi connectivity index (χ2v) is 12.7. The minimum atomic E-state index is -5.18. The number of nitrogens with one attached hydrogen (secondary N) is 1. The van der Waals surface area contributed by atoms with Crippen LogP contribution in [0.15, 0.2) is 70.7 Å². The number of phosphoric acid groups is 1. The topological polar surface area (TPSA) is 205 Å². The molecule has 1 aliphatic rings. The molecule has 4 aromatic heterocycles. The Labute approximate surface area is 302 Å². The van der Waals surface area contributed by atoms with E-state index in [0.29, 0.717) is 47.4 Å². The Balaban J connectivity index is 0.00000230. The van der Waals surface area contributed by atoms with Gasteiger partial charge in [0, 0.05) is 50.3 Å². The molecule has 5 aromatic rings. The first kappa shape index (κ1) is 35.7. The minimum Gasteiger partial charge on any atom is -0.790 e. The molecule has 1 aromatic carbocycles. The number of imidazole rings is 1. The van der Waals surface area contributed by atoms with Crippen LogP contribution in [0.1, 0.15) is 12.8 Å². The zero-order valence-corrected chi connectivity index (χ0v) is 30.3. The minimum absolute atomic E-state index is 0. The zero-order chi connectivity index (χ0) is 30.2. The number of aryl methyl sites for hydroxylation is 1. The quantitative estimate of drug-likeness (QED) is 0.0841. The molecular weight excluding hydrogens is 649 g/mol. The van der Waals surface area contributed by atoms with Gasteiger partial charge < -0.3 is 33.3 Å². The number of anilines is 1. The Kier molecular flexibility index (Phi) is 11.7. The van der Waals surface area contributed by atoms with E-state index in [9.17, 15) is 22.8 Å². The van der Waals surface area contributed by atoms with E-state index in [1.807, 2.05) is 0 Å². The van der Waals surface area contributed by atoms with Crippen LogP contribution in [0.2, 0.25) is 0 Å². The van der Waals surface area contributed by atoms with Crippen LogP contribution < -0.4 is 79.0 Å². The first-order chi connectivity index (χ1) is 20.6. The number of phosphoric ester groups is 1. The van der Waals surface area contributed by atoms with Crippen molar-refractivity contribution >= 4 is 29.6 Å². The maximum absolute atomic E-state index is 13.1. The van der Waals surface area contributed by atoms with Crippen LogP contribution in [0.3, 0.4) is 0 Å². The second-order valence-electron chi connectivity index (χ2n) is 9.67. The summed E-state index contributed by atoms with van der Waals surface area (Å²) in [6.45, 7) is -0.159. The van der Waals surface area contributed by atoms with E-state index >= 15 is 0 Å². The third-order valence-corrected chi connectivity index (χ3v) is 8.89. The van der Waals surface area contributed by atoms with Crippen molar-refractivity contribution < 1.29 is 95.6 Å². The maximum atomic E-state index is 13.1. The summed E-state index contributed by atoms with van der Waals surface area (Å²) in [5, 5.41) is 7.34. The van der Waals surface area contributed by atoms with Gasteiger partial charge in [-0.05, 0) is 37.1 Å². The van der Waals surface area contributed by atoms with Gasteiger partial charge in [0.25, 0.3) is 10.0 Å². The Bertz CT molecular complexity index is 1930. The summed E-state index contributed by atoms with van der Waals surface area (Å²) in [6.07, 6.45) is 7.71. The van der Waals surface area contributed by atoms with Crippen molar-refractivity contribution in [2.45, 2.75) is 23.9 Å². The molecule has 0 amide bonds. The van der Waals surface area contributed by atoms with E-state index in [4.69, 9.17) is 14.1 Å². The molecule has 1 unspecified atom stereocenters. The van der Waals surface area contributed by atoms with E-state index in [1.54, 1.807) is 60.4 Å². The SMILES string of the molecule is Cn1ccc(S(=O)(=O)N2CCCC(Nc3nccc(-c4c(-c5cccc(OCOP(=O)([O-])[O-])c5)nc5occn45)n3)C2)n1.[Na+].[Na+]. The van der Waals surface area contributed by atoms with Gasteiger partial charge in [0.2, 0.25) is 5.95 Å². The maximum Gasteiger partial charge on any atom is 1.00 e. The van der Waals surface area contributed by atoms with Crippen LogP contribution in [0.5, 0.6) is 5.75 Å². The molecule has 0 spiro atoms. The normalized spacial score (nSPS) is 15.8. The van der Waals surface area contributed by atoms with Gasteiger partial charge in [0.05, 0.1) is 13.5 Å². The summed E-state index contributed by atoms with van der Waals surface area (Å²) < 4.78 is 56.5. The van der Waals surface area contributed by atoms with Crippen LogP contribution in [-0.2, 0) is 26.2 Å². The number of aromatic nitrogens is 6.